The minimum absolute atomic E-state index is 0.228. The van der Waals surface area contributed by atoms with Crippen LogP contribution in [0.1, 0.15) is 19.4 Å². The van der Waals surface area contributed by atoms with Crippen molar-refractivity contribution in [3.63, 3.8) is 0 Å². The van der Waals surface area contributed by atoms with Crippen LogP contribution in [-0.4, -0.2) is 39.5 Å². The fourth-order valence-electron chi connectivity index (χ4n) is 1.58. The number of nitrogens with zero attached hydrogens (tertiary/aromatic N) is 2. The Bertz CT molecular complexity index is 559. The van der Waals surface area contributed by atoms with Gasteiger partial charge in [0.1, 0.15) is 0 Å². The predicted octanol–water partition coefficient (Wildman–Crippen LogP) is 1.37. The third kappa shape index (κ3) is 4.93. The van der Waals surface area contributed by atoms with Crippen molar-refractivity contribution in [1.29, 1.82) is 5.26 Å². The molecule has 110 valence electrons. The lowest BCUT2D eigenvalue weighted by molar-refractivity contribution is 0.278. The molecule has 20 heavy (non-hydrogen) atoms. The summed E-state index contributed by atoms with van der Waals surface area (Å²) < 4.78 is 26.7. The molecule has 5 nitrogen and oxygen atoms in total. The molecule has 0 fully saturated rings. The van der Waals surface area contributed by atoms with Crippen LogP contribution in [0.2, 0.25) is 0 Å². The summed E-state index contributed by atoms with van der Waals surface area (Å²) >= 11 is 0. The standard InChI is InChI=1S/C14H21N3O2S/c1-12(2)17(3)11-10-16-20(18,19)14-6-4-13(5-7-14)8-9-15/h4-7,12,16H,8,10-11H2,1-3H3. The van der Waals surface area contributed by atoms with E-state index in [0.29, 0.717) is 19.1 Å². The van der Waals surface area contributed by atoms with E-state index in [2.05, 4.69) is 23.5 Å². The van der Waals surface area contributed by atoms with E-state index >= 15 is 0 Å². The Morgan fingerprint density at radius 3 is 2.40 bits per heavy atom. The summed E-state index contributed by atoms with van der Waals surface area (Å²) in [6, 6.07) is 8.80. The van der Waals surface area contributed by atoms with Crippen LogP contribution in [0.15, 0.2) is 29.2 Å². The molecule has 1 aromatic rings. The maximum Gasteiger partial charge on any atom is 0.240 e. The zero-order valence-electron chi connectivity index (χ0n) is 12.1. The summed E-state index contributed by atoms with van der Waals surface area (Å²) in [6.07, 6.45) is 0.285. The molecule has 0 atom stereocenters. The normalized spacial score (nSPS) is 11.8. The van der Waals surface area contributed by atoms with E-state index in [1.54, 1.807) is 12.1 Å². The van der Waals surface area contributed by atoms with Crippen LogP contribution in [0.5, 0.6) is 0 Å². The first kappa shape index (κ1) is 16.6. The first-order valence-electron chi connectivity index (χ1n) is 6.52. The van der Waals surface area contributed by atoms with Gasteiger partial charge in [0.2, 0.25) is 10.0 Å². The number of sulfonamides is 1. The molecule has 0 spiro atoms. The highest BCUT2D eigenvalue weighted by molar-refractivity contribution is 7.89. The molecule has 0 aromatic heterocycles. The number of rotatable bonds is 7. The van der Waals surface area contributed by atoms with Gasteiger partial charge >= 0.3 is 0 Å². The summed E-state index contributed by atoms with van der Waals surface area (Å²) in [6.45, 7) is 5.14. The first-order valence-corrected chi connectivity index (χ1v) is 8.01. The van der Waals surface area contributed by atoms with Crippen LogP contribution in [-0.2, 0) is 16.4 Å². The monoisotopic (exact) mass is 295 g/mol. The van der Waals surface area contributed by atoms with Gasteiger partial charge in [0.25, 0.3) is 0 Å². The van der Waals surface area contributed by atoms with Gasteiger partial charge in [-0.15, -0.1) is 0 Å². The molecule has 0 heterocycles. The molecule has 0 radical (unpaired) electrons. The molecule has 0 aliphatic carbocycles. The van der Waals surface area contributed by atoms with Crippen LogP contribution in [0.25, 0.3) is 0 Å². The molecule has 0 saturated heterocycles. The van der Waals surface area contributed by atoms with Gasteiger partial charge < -0.3 is 4.90 Å². The Labute approximate surface area is 121 Å². The minimum Gasteiger partial charge on any atom is -0.303 e. The van der Waals surface area contributed by atoms with Gasteiger partial charge in [-0.05, 0) is 38.6 Å². The lowest BCUT2D eigenvalue weighted by atomic mass is 10.2. The topological polar surface area (TPSA) is 73.2 Å². The van der Waals surface area contributed by atoms with E-state index in [4.69, 9.17) is 5.26 Å². The average Bonchev–Trinajstić information content (AvgIpc) is 2.39. The van der Waals surface area contributed by atoms with Crippen LogP contribution in [0.4, 0.5) is 0 Å². The van der Waals surface area contributed by atoms with Gasteiger partial charge in [0.05, 0.1) is 17.4 Å². The second kappa shape index (κ2) is 7.39. The van der Waals surface area contributed by atoms with Gasteiger partial charge in [-0.3, -0.25) is 0 Å². The van der Waals surface area contributed by atoms with Crippen LogP contribution in [0, 0.1) is 11.3 Å². The van der Waals surface area contributed by atoms with E-state index in [1.165, 1.54) is 12.1 Å². The van der Waals surface area contributed by atoms with Crippen molar-refractivity contribution in [2.45, 2.75) is 31.2 Å². The summed E-state index contributed by atoms with van der Waals surface area (Å²) in [5.74, 6) is 0. The first-order chi connectivity index (χ1) is 9.36. The second-order valence-electron chi connectivity index (χ2n) is 4.95. The Hall–Kier alpha value is -1.42. The highest BCUT2D eigenvalue weighted by Gasteiger charge is 2.13. The van der Waals surface area contributed by atoms with Gasteiger partial charge in [-0.25, -0.2) is 13.1 Å². The largest absolute Gasteiger partial charge is 0.303 e. The molecule has 0 saturated carbocycles. The van der Waals surface area contributed by atoms with Crippen molar-refractivity contribution in [3.05, 3.63) is 29.8 Å². The maximum absolute atomic E-state index is 12.1. The smallest absolute Gasteiger partial charge is 0.240 e. The SMILES string of the molecule is CC(C)N(C)CCNS(=O)(=O)c1ccc(CC#N)cc1. The highest BCUT2D eigenvalue weighted by Crippen LogP contribution is 2.10. The van der Waals surface area contributed by atoms with E-state index in [-0.39, 0.29) is 11.3 Å². The van der Waals surface area contributed by atoms with Crippen LogP contribution < -0.4 is 4.72 Å². The quantitative estimate of drug-likeness (QED) is 0.824. The summed E-state index contributed by atoms with van der Waals surface area (Å²) in [5.41, 5.74) is 0.811. The molecule has 0 amide bonds. The maximum atomic E-state index is 12.1. The Morgan fingerprint density at radius 1 is 1.30 bits per heavy atom. The van der Waals surface area contributed by atoms with Crippen molar-refractivity contribution in [2.75, 3.05) is 20.1 Å². The number of hydrogen-bond donors (Lipinski definition) is 1. The van der Waals surface area contributed by atoms with E-state index in [9.17, 15) is 8.42 Å². The lowest BCUT2D eigenvalue weighted by Gasteiger charge is -2.20. The molecule has 1 aromatic carbocycles. The molecule has 0 aliphatic rings. The van der Waals surface area contributed by atoms with Crippen molar-refractivity contribution in [1.82, 2.24) is 9.62 Å². The molecule has 1 N–H and O–H groups in total. The average molecular weight is 295 g/mol. The zero-order chi connectivity index (χ0) is 15.2. The fraction of sp³-hybridized carbons (Fsp3) is 0.500. The van der Waals surface area contributed by atoms with Gasteiger partial charge in [-0.1, -0.05) is 12.1 Å². The van der Waals surface area contributed by atoms with Crippen molar-refractivity contribution in [3.8, 4) is 6.07 Å². The highest BCUT2D eigenvalue weighted by atomic mass is 32.2. The summed E-state index contributed by atoms with van der Waals surface area (Å²) in [7, 11) is -1.52. The van der Waals surface area contributed by atoms with Crippen molar-refractivity contribution < 1.29 is 8.42 Å². The number of nitriles is 1. The third-order valence-electron chi connectivity index (χ3n) is 3.15. The van der Waals surface area contributed by atoms with Crippen molar-refractivity contribution in [2.24, 2.45) is 0 Å². The number of nitrogens with one attached hydrogen (secondary N) is 1. The molecular weight excluding hydrogens is 274 g/mol. The number of benzene rings is 1. The molecule has 0 bridgehead atoms. The van der Waals surface area contributed by atoms with Crippen LogP contribution in [0.3, 0.4) is 0 Å². The molecule has 6 heteroatoms. The van der Waals surface area contributed by atoms with E-state index < -0.39 is 10.0 Å². The van der Waals surface area contributed by atoms with Gasteiger partial charge in [0, 0.05) is 19.1 Å². The van der Waals surface area contributed by atoms with Crippen molar-refractivity contribution >= 4 is 10.0 Å². The van der Waals surface area contributed by atoms with Gasteiger partial charge in [-0.2, -0.15) is 5.26 Å². The summed E-state index contributed by atoms with van der Waals surface area (Å²) in [4.78, 5) is 2.30. The second-order valence-corrected chi connectivity index (χ2v) is 6.72. The molecule has 0 aliphatic heterocycles. The Kier molecular flexibility index (Phi) is 6.14. The van der Waals surface area contributed by atoms with Crippen LogP contribution >= 0.6 is 0 Å². The molecule has 0 unspecified atom stereocenters. The zero-order valence-corrected chi connectivity index (χ0v) is 12.9. The molecular formula is C14H21N3O2S. The Balaban J connectivity index is 2.62. The minimum atomic E-state index is -3.47. The van der Waals surface area contributed by atoms with E-state index in [0.717, 1.165) is 5.56 Å². The number of hydrogen-bond acceptors (Lipinski definition) is 4. The lowest BCUT2D eigenvalue weighted by Crippen LogP contribution is -2.36. The molecule has 1 rings (SSSR count). The van der Waals surface area contributed by atoms with Gasteiger partial charge in [0.15, 0.2) is 0 Å². The third-order valence-corrected chi connectivity index (χ3v) is 4.63. The predicted molar refractivity (Wildman–Crippen MR) is 78.7 cm³/mol. The fourth-order valence-corrected chi connectivity index (χ4v) is 2.60. The number of likely N-dealkylation sites (N-methyl/N-ethyl adjacent to an activating group) is 1. The summed E-state index contributed by atoms with van der Waals surface area (Å²) in [5, 5.41) is 8.58. The van der Waals surface area contributed by atoms with E-state index in [1.807, 2.05) is 13.1 Å². The Morgan fingerprint density at radius 2 is 1.90 bits per heavy atom.